The van der Waals surface area contributed by atoms with E-state index in [1.807, 2.05) is 4.72 Å². The molecule has 0 aliphatic heterocycles. The number of nitrogens with one attached hydrogen (secondary N) is 1. The number of hydrogen-bond donors (Lipinski definition) is 2. The van der Waals surface area contributed by atoms with Crippen LogP contribution in [-0.2, 0) is 10.0 Å². The molecular formula is C11H6F3NO4S2. The zero-order valence-electron chi connectivity index (χ0n) is 9.93. The van der Waals surface area contributed by atoms with E-state index < -0.39 is 38.3 Å². The van der Waals surface area contributed by atoms with Crippen LogP contribution in [0.2, 0.25) is 0 Å². The number of aromatic carboxylic acids is 1. The Hall–Kier alpha value is -2.07. The molecule has 0 spiro atoms. The smallest absolute Gasteiger partial charge is 0.348 e. The Bertz CT molecular complexity index is 817. The Balaban J connectivity index is 2.46. The van der Waals surface area contributed by atoms with Gasteiger partial charge in [-0.25, -0.2) is 26.4 Å². The second-order valence-electron chi connectivity index (χ2n) is 3.75. The molecule has 1 heterocycles. The molecule has 0 saturated heterocycles. The van der Waals surface area contributed by atoms with Gasteiger partial charge in [0.1, 0.15) is 9.77 Å². The fraction of sp³-hybridized carbons (Fsp3) is 0. The third-order valence-corrected chi connectivity index (χ3v) is 4.68. The lowest BCUT2D eigenvalue weighted by atomic mass is 10.3. The van der Waals surface area contributed by atoms with Gasteiger partial charge in [-0.3, -0.25) is 4.72 Å². The highest BCUT2D eigenvalue weighted by Gasteiger charge is 2.26. The molecule has 0 unspecified atom stereocenters. The molecule has 0 aliphatic carbocycles. The molecule has 0 amide bonds. The first kappa shape index (κ1) is 15.3. The van der Waals surface area contributed by atoms with Gasteiger partial charge in [0.2, 0.25) is 0 Å². The highest BCUT2D eigenvalue weighted by Crippen LogP contribution is 2.27. The van der Waals surface area contributed by atoms with Gasteiger partial charge in [0, 0.05) is 0 Å². The molecule has 1 aromatic heterocycles. The van der Waals surface area contributed by atoms with Crippen molar-refractivity contribution in [1.29, 1.82) is 0 Å². The minimum absolute atomic E-state index is 0.295. The minimum atomic E-state index is -4.60. The van der Waals surface area contributed by atoms with Gasteiger partial charge in [-0.05, 0) is 23.6 Å². The average Bonchev–Trinajstić information content (AvgIpc) is 2.83. The standard InChI is InChI=1S/C11H6F3NO4S2/c12-5-1-2-7(9(14)8(5)13)21(18,19)15-6-3-4-20-10(6)11(16)17/h1-4,15H,(H,16,17). The second-order valence-corrected chi connectivity index (χ2v) is 6.31. The van der Waals surface area contributed by atoms with E-state index in [0.717, 1.165) is 17.4 Å². The summed E-state index contributed by atoms with van der Waals surface area (Å²) >= 11 is 0.749. The van der Waals surface area contributed by atoms with Crippen LogP contribution in [0.15, 0.2) is 28.5 Å². The van der Waals surface area contributed by atoms with Gasteiger partial charge >= 0.3 is 5.97 Å². The van der Waals surface area contributed by atoms with E-state index in [0.29, 0.717) is 12.1 Å². The van der Waals surface area contributed by atoms with Crippen molar-refractivity contribution >= 4 is 33.0 Å². The molecule has 21 heavy (non-hydrogen) atoms. The monoisotopic (exact) mass is 337 g/mol. The summed E-state index contributed by atoms with van der Waals surface area (Å²) in [5.74, 6) is -6.72. The molecule has 112 valence electrons. The number of rotatable bonds is 4. The first-order valence-electron chi connectivity index (χ1n) is 5.21. The van der Waals surface area contributed by atoms with Crippen LogP contribution in [0.3, 0.4) is 0 Å². The predicted molar refractivity (Wildman–Crippen MR) is 68.4 cm³/mol. The molecule has 2 aromatic rings. The van der Waals surface area contributed by atoms with Crippen LogP contribution in [-0.4, -0.2) is 19.5 Å². The SMILES string of the molecule is O=C(O)c1sccc1NS(=O)(=O)c1ccc(F)c(F)c1F. The van der Waals surface area contributed by atoms with Crippen molar-refractivity contribution in [2.24, 2.45) is 0 Å². The lowest BCUT2D eigenvalue weighted by Gasteiger charge is -2.09. The molecule has 0 saturated carbocycles. The largest absolute Gasteiger partial charge is 0.477 e. The Morgan fingerprint density at radius 3 is 2.43 bits per heavy atom. The molecule has 10 heteroatoms. The van der Waals surface area contributed by atoms with Crippen molar-refractivity contribution < 1.29 is 31.5 Å². The van der Waals surface area contributed by atoms with Gasteiger partial charge in [0.05, 0.1) is 5.69 Å². The van der Waals surface area contributed by atoms with Crippen LogP contribution in [0.25, 0.3) is 0 Å². The molecule has 1 aromatic carbocycles. The molecule has 0 fully saturated rings. The van der Waals surface area contributed by atoms with Crippen molar-refractivity contribution in [2.45, 2.75) is 4.90 Å². The quantitative estimate of drug-likeness (QED) is 0.840. The fourth-order valence-corrected chi connectivity index (χ4v) is 3.36. The molecule has 2 rings (SSSR count). The fourth-order valence-electron chi connectivity index (χ4n) is 1.47. The molecule has 5 nitrogen and oxygen atoms in total. The Morgan fingerprint density at radius 2 is 1.81 bits per heavy atom. The molecule has 0 aliphatic rings. The van der Waals surface area contributed by atoms with E-state index in [2.05, 4.69) is 0 Å². The van der Waals surface area contributed by atoms with E-state index in [9.17, 15) is 26.4 Å². The van der Waals surface area contributed by atoms with Crippen LogP contribution in [0.5, 0.6) is 0 Å². The summed E-state index contributed by atoms with van der Waals surface area (Å²) in [5.41, 5.74) is -0.295. The molecule has 2 N–H and O–H groups in total. The van der Waals surface area contributed by atoms with Gasteiger partial charge < -0.3 is 5.11 Å². The number of anilines is 1. The summed E-state index contributed by atoms with van der Waals surface area (Å²) in [5, 5.41) is 10.2. The summed E-state index contributed by atoms with van der Waals surface area (Å²) in [7, 11) is -4.60. The normalized spacial score (nSPS) is 11.4. The number of thiophene rings is 1. The first-order valence-corrected chi connectivity index (χ1v) is 7.57. The number of halogens is 3. The van der Waals surface area contributed by atoms with E-state index in [1.165, 1.54) is 5.38 Å². The average molecular weight is 337 g/mol. The maximum Gasteiger partial charge on any atom is 0.348 e. The number of benzene rings is 1. The Morgan fingerprint density at radius 1 is 1.14 bits per heavy atom. The number of carboxylic acids is 1. The minimum Gasteiger partial charge on any atom is -0.477 e. The van der Waals surface area contributed by atoms with Gasteiger partial charge in [-0.15, -0.1) is 11.3 Å². The lowest BCUT2D eigenvalue weighted by molar-refractivity contribution is 0.0703. The third-order valence-electron chi connectivity index (χ3n) is 2.39. The third kappa shape index (κ3) is 2.85. The first-order chi connectivity index (χ1) is 9.74. The summed E-state index contributed by atoms with van der Waals surface area (Å²) in [6, 6.07) is 2.16. The van der Waals surface area contributed by atoms with Crippen LogP contribution < -0.4 is 4.72 Å². The van der Waals surface area contributed by atoms with Crippen LogP contribution in [0, 0.1) is 17.5 Å². The van der Waals surface area contributed by atoms with Crippen molar-refractivity contribution in [3.63, 3.8) is 0 Å². The van der Waals surface area contributed by atoms with Gasteiger partial charge in [0.15, 0.2) is 17.5 Å². The number of carbonyl (C=O) groups is 1. The highest BCUT2D eigenvalue weighted by atomic mass is 32.2. The van der Waals surface area contributed by atoms with Crippen molar-refractivity contribution in [3.8, 4) is 0 Å². The van der Waals surface area contributed by atoms with Crippen molar-refractivity contribution in [1.82, 2.24) is 0 Å². The zero-order chi connectivity index (χ0) is 15.8. The molecular weight excluding hydrogens is 331 g/mol. The van der Waals surface area contributed by atoms with Gasteiger partial charge in [-0.1, -0.05) is 0 Å². The molecule has 0 radical (unpaired) electrons. The molecule has 0 atom stereocenters. The van der Waals surface area contributed by atoms with Gasteiger partial charge in [-0.2, -0.15) is 0 Å². The van der Waals surface area contributed by atoms with Gasteiger partial charge in [0.25, 0.3) is 10.0 Å². The van der Waals surface area contributed by atoms with Crippen LogP contribution in [0.4, 0.5) is 18.9 Å². The van der Waals surface area contributed by atoms with Crippen LogP contribution in [0.1, 0.15) is 9.67 Å². The number of carboxylic acid groups (broad SMARTS) is 1. The molecule has 0 bridgehead atoms. The van der Waals surface area contributed by atoms with Crippen molar-refractivity contribution in [2.75, 3.05) is 4.72 Å². The zero-order valence-corrected chi connectivity index (χ0v) is 11.6. The summed E-state index contributed by atoms with van der Waals surface area (Å²) in [4.78, 5) is 9.42. The highest BCUT2D eigenvalue weighted by molar-refractivity contribution is 7.92. The number of hydrogen-bond acceptors (Lipinski definition) is 4. The van der Waals surface area contributed by atoms with Crippen molar-refractivity contribution in [3.05, 3.63) is 45.9 Å². The lowest BCUT2D eigenvalue weighted by Crippen LogP contribution is -2.16. The summed E-state index contributed by atoms with van der Waals surface area (Å²) in [6.45, 7) is 0. The van der Waals surface area contributed by atoms with E-state index in [-0.39, 0.29) is 10.6 Å². The predicted octanol–water partition coefficient (Wildman–Crippen LogP) is 2.66. The van der Waals surface area contributed by atoms with Crippen LogP contribution >= 0.6 is 11.3 Å². The second kappa shape index (κ2) is 5.37. The Labute approximate surface area is 120 Å². The number of sulfonamides is 1. The van der Waals surface area contributed by atoms with E-state index in [1.54, 1.807) is 0 Å². The maximum atomic E-state index is 13.5. The van der Waals surface area contributed by atoms with E-state index in [4.69, 9.17) is 5.11 Å². The topological polar surface area (TPSA) is 83.5 Å². The summed E-state index contributed by atoms with van der Waals surface area (Å²) < 4.78 is 65.0. The van der Waals surface area contributed by atoms with E-state index >= 15 is 0 Å². The maximum absolute atomic E-state index is 13.5. The Kier molecular flexibility index (Phi) is 3.92. The summed E-state index contributed by atoms with van der Waals surface area (Å²) in [6.07, 6.45) is 0.